The van der Waals surface area contributed by atoms with Crippen LogP contribution in [0.5, 0.6) is 0 Å². The Hall–Kier alpha value is -4.52. The molecule has 7 heteroatoms. The van der Waals surface area contributed by atoms with Crippen molar-refractivity contribution in [1.29, 1.82) is 0 Å². The molecular formula is C26H22N4O3. The minimum atomic E-state index is -0.395. The second-order valence-corrected chi connectivity index (χ2v) is 7.07. The first-order chi connectivity index (χ1) is 16.1. The van der Waals surface area contributed by atoms with Gasteiger partial charge in [0.1, 0.15) is 5.69 Å². The number of ether oxygens (including phenoxy) is 1. The highest BCUT2D eigenvalue weighted by molar-refractivity contribution is 6.08. The maximum Gasteiger partial charge on any atom is 0.330 e. The van der Waals surface area contributed by atoms with Crippen LogP contribution in [-0.2, 0) is 9.53 Å². The van der Waals surface area contributed by atoms with Gasteiger partial charge in [0.15, 0.2) is 0 Å². The van der Waals surface area contributed by atoms with Crippen LogP contribution in [0, 0.1) is 0 Å². The molecule has 7 nitrogen and oxygen atoms in total. The van der Waals surface area contributed by atoms with Gasteiger partial charge in [-0.2, -0.15) is 5.10 Å². The van der Waals surface area contributed by atoms with Crippen molar-refractivity contribution in [2.24, 2.45) is 0 Å². The first kappa shape index (κ1) is 21.7. The van der Waals surface area contributed by atoms with Crippen LogP contribution in [0.4, 0.5) is 5.69 Å². The summed E-state index contributed by atoms with van der Waals surface area (Å²) in [4.78, 5) is 28.8. The molecule has 4 rings (SSSR count). The number of rotatable bonds is 7. The van der Waals surface area contributed by atoms with Gasteiger partial charge in [0.25, 0.3) is 5.91 Å². The zero-order valence-electron chi connectivity index (χ0n) is 18.0. The number of carbonyl (C=O) groups excluding carboxylic acids is 2. The predicted octanol–water partition coefficient (Wildman–Crippen LogP) is 4.76. The molecule has 0 saturated carbocycles. The summed E-state index contributed by atoms with van der Waals surface area (Å²) >= 11 is 0. The highest BCUT2D eigenvalue weighted by atomic mass is 16.5. The number of hydrogen-bond acceptors (Lipinski definition) is 5. The molecule has 0 bridgehead atoms. The van der Waals surface area contributed by atoms with Gasteiger partial charge in [0, 0.05) is 35.9 Å². The van der Waals surface area contributed by atoms with E-state index in [-0.39, 0.29) is 5.91 Å². The van der Waals surface area contributed by atoms with Crippen molar-refractivity contribution in [3.05, 3.63) is 103 Å². The summed E-state index contributed by atoms with van der Waals surface area (Å²) in [7, 11) is 0. The highest BCUT2D eigenvalue weighted by Gasteiger charge is 2.19. The average molecular weight is 438 g/mol. The number of amides is 1. The Bertz CT molecular complexity index is 1260. The van der Waals surface area contributed by atoms with Gasteiger partial charge in [-0.05, 0) is 55.0 Å². The van der Waals surface area contributed by atoms with Crippen molar-refractivity contribution in [2.75, 3.05) is 11.9 Å². The molecule has 0 aliphatic carbocycles. The Morgan fingerprint density at radius 2 is 1.82 bits per heavy atom. The Morgan fingerprint density at radius 3 is 2.52 bits per heavy atom. The Morgan fingerprint density at radius 1 is 1.03 bits per heavy atom. The lowest BCUT2D eigenvalue weighted by atomic mass is 10.1. The monoisotopic (exact) mass is 438 g/mol. The summed E-state index contributed by atoms with van der Waals surface area (Å²) in [5.41, 5.74) is 4.00. The number of benzene rings is 2. The number of esters is 1. The molecule has 0 radical (unpaired) electrons. The maximum atomic E-state index is 13.2. The van der Waals surface area contributed by atoms with Crippen molar-refractivity contribution in [2.45, 2.75) is 6.92 Å². The van der Waals surface area contributed by atoms with E-state index < -0.39 is 5.97 Å². The third-order valence-corrected chi connectivity index (χ3v) is 4.78. The van der Waals surface area contributed by atoms with Gasteiger partial charge in [-0.1, -0.05) is 30.3 Å². The molecule has 1 N–H and O–H groups in total. The summed E-state index contributed by atoms with van der Waals surface area (Å²) in [6, 6.07) is 20.4. The SMILES string of the molecule is CCOC(=O)/C=C/c1ccc(NC(=O)c2cn(-c3ccccc3)nc2-c2cccnc2)cc1. The number of hydrogen-bond donors (Lipinski definition) is 1. The van der Waals surface area contributed by atoms with Gasteiger partial charge in [0.2, 0.25) is 0 Å². The largest absolute Gasteiger partial charge is 0.463 e. The minimum Gasteiger partial charge on any atom is -0.463 e. The molecule has 0 unspecified atom stereocenters. The van der Waals surface area contributed by atoms with Crippen molar-refractivity contribution >= 4 is 23.6 Å². The predicted molar refractivity (Wildman–Crippen MR) is 127 cm³/mol. The molecule has 2 heterocycles. The molecule has 0 aliphatic heterocycles. The molecule has 1 amide bonds. The quantitative estimate of drug-likeness (QED) is 0.332. The smallest absolute Gasteiger partial charge is 0.330 e. The van der Waals surface area contributed by atoms with E-state index in [1.54, 1.807) is 66.6 Å². The van der Waals surface area contributed by atoms with Gasteiger partial charge in [-0.25, -0.2) is 9.48 Å². The van der Waals surface area contributed by atoms with E-state index in [4.69, 9.17) is 4.74 Å². The summed E-state index contributed by atoms with van der Waals surface area (Å²) in [5.74, 6) is -0.681. The fourth-order valence-electron chi connectivity index (χ4n) is 3.20. The third kappa shape index (κ3) is 5.40. The maximum absolute atomic E-state index is 13.2. The minimum absolute atomic E-state index is 0.286. The molecule has 0 atom stereocenters. The van der Waals surface area contributed by atoms with E-state index in [0.29, 0.717) is 23.6 Å². The summed E-state index contributed by atoms with van der Waals surface area (Å²) in [6.07, 6.45) is 8.10. The third-order valence-electron chi connectivity index (χ3n) is 4.78. The molecule has 0 saturated heterocycles. The number of anilines is 1. The Labute approximate surface area is 191 Å². The van der Waals surface area contributed by atoms with E-state index in [9.17, 15) is 9.59 Å². The van der Waals surface area contributed by atoms with Crippen LogP contribution in [0.2, 0.25) is 0 Å². The van der Waals surface area contributed by atoms with Crippen LogP contribution in [0.15, 0.2) is 91.4 Å². The summed E-state index contributed by atoms with van der Waals surface area (Å²) < 4.78 is 6.56. The van der Waals surface area contributed by atoms with E-state index in [1.807, 2.05) is 36.4 Å². The molecule has 2 aromatic carbocycles. The molecule has 0 aliphatic rings. The van der Waals surface area contributed by atoms with Crippen LogP contribution in [0.1, 0.15) is 22.8 Å². The van der Waals surface area contributed by atoms with Gasteiger partial charge in [0.05, 0.1) is 17.9 Å². The topological polar surface area (TPSA) is 86.1 Å². The van der Waals surface area contributed by atoms with Gasteiger partial charge >= 0.3 is 5.97 Å². The number of aromatic nitrogens is 3. The van der Waals surface area contributed by atoms with Crippen LogP contribution >= 0.6 is 0 Å². The van der Waals surface area contributed by atoms with Crippen molar-refractivity contribution < 1.29 is 14.3 Å². The Kier molecular flexibility index (Phi) is 6.70. The molecule has 0 spiro atoms. The number of carbonyl (C=O) groups is 2. The second kappa shape index (κ2) is 10.2. The zero-order valence-corrected chi connectivity index (χ0v) is 18.0. The summed E-state index contributed by atoms with van der Waals surface area (Å²) in [5, 5.41) is 7.56. The molecule has 2 aromatic heterocycles. The van der Waals surface area contributed by atoms with E-state index in [1.165, 1.54) is 6.08 Å². The highest BCUT2D eigenvalue weighted by Crippen LogP contribution is 2.24. The van der Waals surface area contributed by atoms with Crippen LogP contribution in [0.25, 0.3) is 23.0 Å². The van der Waals surface area contributed by atoms with Crippen LogP contribution in [-0.4, -0.2) is 33.2 Å². The van der Waals surface area contributed by atoms with Crippen molar-refractivity contribution in [3.63, 3.8) is 0 Å². The average Bonchev–Trinajstić information content (AvgIpc) is 3.31. The van der Waals surface area contributed by atoms with Crippen LogP contribution < -0.4 is 5.32 Å². The number of nitrogens with zero attached hydrogens (tertiary/aromatic N) is 3. The second-order valence-electron chi connectivity index (χ2n) is 7.07. The zero-order chi connectivity index (χ0) is 23.0. The lowest BCUT2D eigenvalue weighted by molar-refractivity contribution is -0.137. The van der Waals surface area contributed by atoms with E-state index in [2.05, 4.69) is 15.4 Å². The normalized spacial score (nSPS) is 10.8. The first-order valence-corrected chi connectivity index (χ1v) is 10.5. The molecule has 164 valence electrons. The van der Waals surface area contributed by atoms with Gasteiger partial charge < -0.3 is 10.1 Å². The number of para-hydroxylation sites is 1. The summed E-state index contributed by atoms with van der Waals surface area (Å²) in [6.45, 7) is 2.09. The van der Waals surface area contributed by atoms with E-state index >= 15 is 0 Å². The Balaban J connectivity index is 1.57. The van der Waals surface area contributed by atoms with Gasteiger partial charge in [-0.3, -0.25) is 9.78 Å². The lowest BCUT2D eigenvalue weighted by Crippen LogP contribution is -2.12. The number of nitrogens with one attached hydrogen (secondary N) is 1. The molecular weight excluding hydrogens is 416 g/mol. The molecule has 33 heavy (non-hydrogen) atoms. The van der Waals surface area contributed by atoms with Crippen molar-refractivity contribution in [3.8, 4) is 16.9 Å². The number of pyridine rings is 1. The van der Waals surface area contributed by atoms with Gasteiger partial charge in [-0.15, -0.1) is 0 Å². The fraction of sp³-hybridized carbons (Fsp3) is 0.0769. The van der Waals surface area contributed by atoms with Crippen LogP contribution in [0.3, 0.4) is 0 Å². The molecule has 4 aromatic rings. The standard InChI is InChI=1S/C26H22N4O3/c1-2-33-24(31)15-12-19-10-13-21(14-11-19)28-26(32)23-18-30(22-8-4-3-5-9-22)29-25(23)20-7-6-16-27-17-20/h3-18H,2H2,1H3,(H,28,32)/b15-12+. The first-order valence-electron chi connectivity index (χ1n) is 10.5. The van der Waals surface area contributed by atoms with E-state index in [0.717, 1.165) is 16.8 Å². The molecule has 0 fully saturated rings. The fourth-order valence-corrected chi connectivity index (χ4v) is 3.20. The lowest BCUT2D eigenvalue weighted by Gasteiger charge is -2.06. The van der Waals surface area contributed by atoms with Crippen molar-refractivity contribution in [1.82, 2.24) is 14.8 Å².